The van der Waals surface area contributed by atoms with Gasteiger partial charge in [-0.15, -0.1) is 13.2 Å². The number of benzene rings is 4. The van der Waals surface area contributed by atoms with Gasteiger partial charge in [-0.05, 0) is 22.3 Å². The normalized spacial score (nSPS) is 14.1. The third-order valence-electron chi connectivity index (χ3n) is 6.58. The molecule has 0 spiro atoms. The summed E-state index contributed by atoms with van der Waals surface area (Å²) in [5, 5.41) is 0. The lowest BCUT2D eigenvalue weighted by atomic mass is 10.0. The molecule has 4 nitrogen and oxygen atoms in total. The van der Waals surface area contributed by atoms with E-state index in [0.717, 1.165) is 22.3 Å². The quantitative estimate of drug-likeness (QED) is 0.130. The van der Waals surface area contributed by atoms with Crippen molar-refractivity contribution in [2.75, 3.05) is 0 Å². The van der Waals surface area contributed by atoms with E-state index in [1.54, 1.807) is 12.2 Å². The Labute approximate surface area is 238 Å². The summed E-state index contributed by atoms with van der Waals surface area (Å²) in [6, 6.07) is 40.3. The molecule has 4 atom stereocenters. The number of hydrogen-bond acceptors (Lipinski definition) is 4. The van der Waals surface area contributed by atoms with Crippen molar-refractivity contribution in [1.82, 2.24) is 0 Å². The van der Waals surface area contributed by atoms with Crippen LogP contribution in [-0.4, -0.2) is 24.4 Å². The van der Waals surface area contributed by atoms with Crippen LogP contribution in [0.2, 0.25) is 0 Å². The Kier molecular flexibility index (Phi) is 11.9. The van der Waals surface area contributed by atoms with Gasteiger partial charge in [-0.2, -0.15) is 0 Å². The van der Waals surface area contributed by atoms with Gasteiger partial charge in [-0.25, -0.2) is 0 Å². The van der Waals surface area contributed by atoms with Gasteiger partial charge in [-0.3, -0.25) is 0 Å². The first-order valence-corrected chi connectivity index (χ1v) is 13.6. The Bertz CT molecular complexity index is 1140. The molecule has 4 rings (SSSR count). The van der Waals surface area contributed by atoms with Crippen molar-refractivity contribution < 1.29 is 18.9 Å². The van der Waals surface area contributed by atoms with E-state index in [1.165, 1.54) is 0 Å². The number of hydrogen-bond donors (Lipinski definition) is 0. The largest absolute Gasteiger partial charge is 0.368 e. The summed E-state index contributed by atoms with van der Waals surface area (Å²) < 4.78 is 26.0. The van der Waals surface area contributed by atoms with Crippen molar-refractivity contribution in [3.8, 4) is 0 Å². The molecule has 4 heteroatoms. The second kappa shape index (κ2) is 16.3. The fourth-order valence-electron chi connectivity index (χ4n) is 4.41. The maximum absolute atomic E-state index is 6.61. The van der Waals surface area contributed by atoms with Gasteiger partial charge in [0.2, 0.25) is 0 Å². The minimum absolute atomic E-state index is 0.387. The summed E-state index contributed by atoms with van der Waals surface area (Å²) in [7, 11) is 0. The molecule has 0 aromatic heterocycles. The standard InChI is InChI=1S/C36H38O4/c1-3-33(37-25-29-17-9-5-10-18-29)35(39-27-31-21-13-7-14-22-31)36(40-28-32-23-15-8-16-24-32)34(4-2)38-26-30-19-11-6-12-20-30/h3-24,33-36H,1-2,25-28H2/t33-,34+,35+,36-. The molecule has 4 aromatic carbocycles. The highest BCUT2D eigenvalue weighted by Crippen LogP contribution is 2.24. The zero-order valence-electron chi connectivity index (χ0n) is 22.9. The first kappa shape index (κ1) is 29.2. The third-order valence-corrected chi connectivity index (χ3v) is 6.58. The van der Waals surface area contributed by atoms with Gasteiger partial charge in [0.25, 0.3) is 0 Å². The minimum atomic E-state index is -0.524. The summed E-state index contributed by atoms with van der Waals surface area (Å²) in [5.74, 6) is 0. The minimum Gasteiger partial charge on any atom is -0.368 e. The Hall–Kier alpha value is -3.80. The molecular weight excluding hydrogens is 496 g/mol. The molecule has 0 radical (unpaired) electrons. The van der Waals surface area contributed by atoms with Gasteiger partial charge in [0, 0.05) is 0 Å². The van der Waals surface area contributed by atoms with Crippen LogP contribution in [0.4, 0.5) is 0 Å². The van der Waals surface area contributed by atoms with Gasteiger partial charge < -0.3 is 18.9 Å². The second-order valence-electron chi connectivity index (χ2n) is 9.52. The topological polar surface area (TPSA) is 36.9 Å². The van der Waals surface area contributed by atoms with E-state index in [9.17, 15) is 0 Å². The molecule has 0 heterocycles. The number of rotatable bonds is 17. The molecule has 0 fully saturated rings. The Morgan fingerprint density at radius 3 is 0.900 bits per heavy atom. The summed E-state index contributed by atoms with van der Waals surface area (Å²) >= 11 is 0. The average molecular weight is 535 g/mol. The van der Waals surface area contributed by atoms with Gasteiger partial charge in [0.1, 0.15) is 24.4 Å². The summed E-state index contributed by atoms with van der Waals surface area (Å²) in [6.07, 6.45) is 1.59. The monoisotopic (exact) mass is 534 g/mol. The lowest BCUT2D eigenvalue weighted by Gasteiger charge is -2.36. The van der Waals surface area contributed by atoms with Crippen LogP contribution in [0.5, 0.6) is 0 Å². The van der Waals surface area contributed by atoms with Gasteiger partial charge in [-0.1, -0.05) is 133 Å². The summed E-state index contributed by atoms with van der Waals surface area (Å²) in [4.78, 5) is 0. The van der Waals surface area contributed by atoms with Crippen molar-refractivity contribution >= 4 is 0 Å². The molecule has 40 heavy (non-hydrogen) atoms. The van der Waals surface area contributed by atoms with E-state index in [1.807, 2.05) is 121 Å². The Balaban J connectivity index is 1.60. The molecule has 0 N–H and O–H groups in total. The summed E-state index contributed by atoms with van der Waals surface area (Å²) in [6.45, 7) is 9.81. The van der Waals surface area contributed by atoms with E-state index in [0.29, 0.717) is 26.4 Å². The SMILES string of the molecule is C=C[C@H](OCc1ccccc1)[C@@H](OCc1ccccc1)[C@@H](OCc1ccccc1)[C@@H](C=C)OCc1ccccc1. The van der Waals surface area contributed by atoms with Gasteiger partial charge >= 0.3 is 0 Å². The summed E-state index contributed by atoms with van der Waals surface area (Å²) in [5.41, 5.74) is 4.25. The van der Waals surface area contributed by atoms with Gasteiger partial charge in [0.05, 0.1) is 26.4 Å². The highest BCUT2D eigenvalue weighted by molar-refractivity contribution is 5.17. The van der Waals surface area contributed by atoms with Crippen LogP contribution < -0.4 is 0 Å². The van der Waals surface area contributed by atoms with Crippen molar-refractivity contribution in [3.05, 3.63) is 169 Å². The van der Waals surface area contributed by atoms with Crippen molar-refractivity contribution in [1.29, 1.82) is 0 Å². The van der Waals surface area contributed by atoms with Crippen LogP contribution in [0.1, 0.15) is 22.3 Å². The van der Waals surface area contributed by atoms with Crippen LogP contribution in [0.15, 0.2) is 147 Å². The fraction of sp³-hybridized carbons (Fsp3) is 0.222. The molecule has 0 aliphatic carbocycles. The van der Waals surface area contributed by atoms with E-state index in [4.69, 9.17) is 18.9 Å². The van der Waals surface area contributed by atoms with Crippen LogP contribution in [0.25, 0.3) is 0 Å². The molecular formula is C36H38O4. The fourth-order valence-corrected chi connectivity index (χ4v) is 4.41. The lowest BCUT2D eigenvalue weighted by molar-refractivity contribution is -0.172. The predicted molar refractivity (Wildman–Crippen MR) is 160 cm³/mol. The Morgan fingerprint density at radius 2 is 0.650 bits per heavy atom. The molecule has 0 aliphatic rings. The van der Waals surface area contributed by atoms with Crippen molar-refractivity contribution in [2.24, 2.45) is 0 Å². The maximum atomic E-state index is 6.61. The maximum Gasteiger partial charge on any atom is 0.117 e. The van der Waals surface area contributed by atoms with Crippen LogP contribution >= 0.6 is 0 Å². The van der Waals surface area contributed by atoms with Crippen molar-refractivity contribution in [2.45, 2.75) is 50.8 Å². The molecule has 0 aliphatic heterocycles. The zero-order chi connectivity index (χ0) is 27.8. The highest BCUT2D eigenvalue weighted by Gasteiger charge is 2.36. The first-order valence-electron chi connectivity index (χ1n) is 13.6. The van der Waals surface area contributed by atoms with Gasteiger partial charge in [0.15, 0.2) is 0 Å². The smallest absolute Gasteiger partial charge is 0.117 e. The van der Waals surface area contributed by atoms with E-state index in [2.05, 4.69) is 13.2 Å². The van der Waals surface area contributed by atoms with Crippen LogP contribution in [0, 0.1) is 0 Å². The van der Waals surface area contributed by atoms with Crippen LogP contribution in [0.3, 0.4) is 0 Å². The molecule has 0 saturated carbocycles. The first-order chi connectivity index (χ1) is 19.8. The molecule has 206 valence electrons. The molecule has 0 amide bonds. The molecule has 4 aromatic rings. The zero-order valence-corrected chi connectivity index (χ0v) is 22.9. The molecule has 0 bridgehead atoms. The Morgan fingerprint density at radius 1 is 0.400 bits per heavy atom. The molecule has 0 saturated heterocycles. The third kappa shape index (κ3) is 9.15. The number of ether oxygens (including phenoxy) is 4. The van der Waals surface area contributed by atoms with Crippen molar-refractivity contribution in [3.63, 3.8) is 0 Å². The molecule has 0 unspecified atom stereocenters. The van der Waals surface area contributed by atoms with Crippen LogP contribution in [-0.2, 0) is 45.4 Å². The van der Waals surface area contributed by atoms with E-state index >= 15 is 0 Å². The van der Waals surface area contributed by atoms with E-state index < -0.39 is 24.4 Å². The highest BCUT2D eigenvalue weighted by atomic mass is 16.6. The van der Waals surface area contributed by atoms with E-state index in [-0.39, 0.29) is 0 Å². The average Bonchev–Trinajstić information content (AvgIpc) is 3.02. The lowest BCUT2D eigenvalue weighted by Crippen LogP contribution is -2.48. The predicted octanol–water partition coefficient (Wildman–Crippen LogP) is 7.70. The second-order valence-corrected chi connectivity index (χ2v) is 9.52.